The molecule has 9 heteroatoms. The van der Waals surface area contributed by atoms with E-state index in [0.29, 0.717) is 31.7 Å². The van der Waals surface area contributed by atoms with Crippen LogP contribution in [0.15, 0.2) is 12.3 Å². The van der Waals surface area contributed by atoms with Gasteiger partial charge in [0.15, 0.2) is 5.65 Å². The second-order valence-electron chi connectivity index (χ2n) is 5.92. The number of amides is 1. The lowest BCUT2D eigenvalue weighted by Gasteiger charge is -2.20. The van der Waals surface area contributed by atoms with E-state index in [1.54, 1.807) is 11.8 Å². The average Bonchev–Trinajstić information content (AvgIpc) is 2.73. The van der Waals surface area contributed by atoms with Crippen molar-refractivity contribution in [1.29, 1.82) is 0 Å². The van der Waals surface area contributed by atoms with Crippen LogP contribution in [0.5, 0.6) is 0 Å². The number of hydrogen-bond acceptors (Lipinski definition) is 3. The van der Waals surface area contributed by atoms with Crippen LogP contribution in [0.1, 0.15) is 35.1 Å². The number of carbonyl (C=O) groups excluding carboxylic acids is 1. The van der Waals surface area contributed by atoms with E-state index in [1.807, 2.05) is 0 Å². The van der Waals surface area contributed by atoms with Crippen LogP contribution in [0, 0.1) is 0 Å². The van der Waals surface area contributed by atoms with Crippen LogP contribution in [-0.2, 0) is 12.6 Å². The summed E-state index contributed by atoms with van der Waals surface area (Å²) < 4.78 is 40.6. The molecule has 3 heterocycles. The van der Waals surface area contributed by atoms with Gasteiger partial charge in [-0.25, -0.2) is 4.98 Å². The average molecular weight is 375 g/mol. The van der Waals surface area contributed by atoms with Crippen molar-refractivity contribution in [3.05, 3.63) is 34.2 Å². The zero-order valence-electron chi connectivity index (χ0n) is 13.7. The van der Waals surface area contributed by atoms with Gasteiger partial charge in [0, 0.05) is 25.8 Å². The molecule has 0 atom stereocenters. The first-order valence-electron chi connectivity index (χ1n) is 8.10. The predicted molar refractivity (Wildman–Crippen MR) is 88.0 cm³/mol. The van der Waals surface area contributed by atoms with Gasteiger partial charge in [0.25, 0.3) is 5.91 Å². The Morgan fingerprint density at radius 3 is 2.80 bits per heavy atom. The number of imidazole rings is 1. The molecule has 1 N–H and O–H groups in total. The van der Waals surface area contributed by atoms with Crippen LogP contribution in [-0.4, -0.2) is 46.4 Å². The zero-order chi connectivity index (χ0) is 18.2. The van der Waals surface area contributed by atoms with Crippen molar-refractivity contribution in [2.45, 2.75) is 25.9 Å². The molecule has 0 spiro atoms. The van der Waals surface area contributed by atoms with E-state index < -0.39 is 11.7 Å². The smallest absolute Gasteiger partial charge is 0.336 e. The number of hydrogen-bond donors (Lipinski definition) is 1. The van der Waals surface area contributed by atoms with E-state index in [2.05, 4.69) is 10.3 Å². The maximum Gasteiger partial charge on any atom is 0.417 e. The number of halogens is 4. The van der Waals surface area contributed by atoms with E-state index in [0.717, 1.165) is 25.2 Å². The van der Waals surface area contributed by atoms with Crippen molar-refractivity contribution in [2.24, 2.45) is 0 Å². The van der Waals surface area contributed by atoms with Gasteiger partial charge in [-0.3, -0.25) is 9.20 Å². The number of carbonyl (C=O) groups is 1. The molecule has 0 bridgehead atoms. The van der Waals surface area contributed by atoms with Gasteiger partial charge >= 0.3 is 6.18 Å². The molecule has 1 amide bonds. The van der Waals surface area contributed by atoms with Gasteiger partial charge in [0.1, 0.15) is 5.69 Å². The van der Waals surface area contributed by atoms with E-state index in [1.165, 1.54) is 4.40 Å². The summed E-state index contributed by atoms with van der Waals surface area (Å²) >= 11 is 6.01. The summed E-state index contributed by atoms with van der Waals surface area (Å²) in [4.78, 5) is 18.9. The van der Waals surface area contributed by atoms with E-state index in [-0.39, 0.29) is 22.3 Å². The molecule has 25 heavy (non-hydrogen) atoms. The summed E-state index contributed by atoms with van der Waals surface area (Å²) in [6.07, 6.45) is -2.44. The van der Waals surface area contributed by atoms with E-state index in [9.17, 15) is 18.0 Å². The van der Waals surface area contributed by atoms with Crippen molar-refractivity contribution in [3.63, 3.8) is 0 Å². The molecule has 1 aliphatic heterocycles. The topological polar surface area (TPSA) is 49.6 Å². The van der Waals surface area contributed by atoms with Crippen molar-refractivity contribution < 1.29 is 18.0 Å². The fourth-order valence-corrected chi connectivity index (χ4v) is 3.23. The molecular weight excluding hydrogens is 357 g/mol. The normalized spacial score (nSPS) is 16.3. The molecule has 0 saturated carbocycles. The lowest BCUT2D eigenvalue weighted by atomic mass is 10.2. The fourth-order valence-electron chi connectivity index (χ4n) is 2.98. The van der Waals surface area contributed by atoms with Crippen LogP contribution < -0.4 is 5.32 Å². The molecule has 2 aromatic heterocycles. The van der Waals surface area contributed by atoms with Crippen LogP contribution in [0.2, 0.25) is 5.02 Å². The summed E-state index contributed by atoms with van der Waals surface area (Å²) in [5.41, 5.74) is -0.129. The van der Waals surface area contributed by atoms with Crippen molar-refractivity contribution in [1.82, 2.24) is 19.6 Å². The summed E-state index contributed by atoms with van der Waals surface area (Å²) in [7, 11) is 0. The Kier molecular flexibility index (Phi) is 4.92. The van der Waals surface area contributed by atoms with Crippen molar-refractivity contribution in [3.8, 4) is 0 Å². The van der Waals surface area contributed by atoms with E-state index >= 15 is 0 Å². The highest BCUT2D eigenvalue weighted by molar-refractivity contribution is 6.33. The summed E-state index contributed by atoms with van der Waals surface area (Å²) in [6, 6.07) is 0.841. The Morgan fingerprint density at radius 1 is 1.36 bits per heavy atom. The first-order chi connectivity index (χ1) is 11.8. The molecule has 0 aromatic carbocycles. The van der Waals surface area contributed by atoms with Crippen LogP contribution in [0.4, 0.5) is 13.2 Å². The van der Waals surface area contributed by atoms with Gasteiger partial charge in [0.2, 0.25) is 0 Å². The molecule has 1 saturated heterocycles. The van der Waals surface area contributed by atoms with Gasteiger partial charge in [-0.1, -0.05) is 18.5 Å². The number of aryl methyl sites for hydroxylation is 1. The third kappa shape index (κ3) is 3.46. The molecule has 1 aliphatic rings. The third-order valence-corrected chi connectivity index (χ3v) is 4.52. The first kappa shape index (κ1) is 18.0. The number of pyridine rings is 1. The number of aromatic nitrogens is 2. The lowest BCUT2D eigenvalue weighted by Crippen LogP contribution is -2.35. The molecule has 3 rings (SSSR count). The molecular formula is C16H18ClF3N4O. The minimum Gasteiger partial charge on any atom is -0.336 e. The summed E-state index contributed by atoms with van der Waals surface area (Å²) in [6.45, 7) is 4.32. The second-order valence-corrected chi connectivity index (χ2v) is 6.33. The Bertz CT molecular complexity index is 795. The SMILES string of the molecule is CCc1nc2c(Cl)cc(C(F)(F)F)cn2c1C(=O)N1CCCNCC1. The van der Waals surface area contributed by atoms with Gasteiger partial charge in [-0.15, -0.1) is 0 Å². The van der Waals surface area contributed by atoms with Gasteiger partial charge < -0.3 is 10.2 Å². The first-order valence-corrected chi connectivity index (χ1v) is 8.48. The molecule has 1 fully saturated rings. The maximum atomic E-state index is 13.1. The van der Waals surface area contributed by atoms with Crippen LogP contribution >= 0.6 is 11.6 Å². The highest BCUT2D eigenvalue weighted by Crippen LogP contribution is 2.33. The van der Waals surface area contributed by atoms with Crippen LogP contribution in [0.25, 0.3) is 5.65 Å². The molecule has 0 unspecified atom stereocenters. The number of alkyl halides is 3. The number of nitrogens with one attached hydrogen (secondary N) is 1. The maximum absolute atomic E-state index is 13.1. The minimum absolute atomic E-state index is 0.124. The highest BCUT2D eigenvalue weighted by atomic mass is 35.5. The molecule has 5 nitrogen and oxygen atoms in total. The van der Waals surface area contributed by atoms with Gasteiger partial charge in [-0.2, -0.15) is 13.2 Å². The Labute approximate surface area is 147 Å². The van der Waals surface area contributed by atoms with Gasteiger partial charge in [-0.05, 0) is 25.5 Å². The Hall–Kier alpha value is -1.80. The quantitative estimate of drug-likeness (QED) is 0.879. The molecule has 0 aliphatic carbocycles. The fraction of sp³-hybridized carbons (Fsp3) is 0.500. The number of nitrogens with zero attached hydrogens (tertiary/aromatic N) is 3. The zero-order valence-corrected chi connectivity index (χ0v) is 14.4. The lowest BCUT2D eigenvalue weighted by molar-refractivity contribution is -0.137. The van der Waals surface area contributed by atoms with Crippen molar-refractivity contribution >= 4 is 23.2 Å². The van der Waals surface area contributed by atoms with E-state index in [4.69, 9.17) is 11.6 Å². The predicted octanol–water partition coefficient (Wildman–Crippen LogP) is 3.00. The third-order valence-electron chi connectivity index (χ3n) is 4.24. The Morgan fingerprint density at radius 2 is 2.12 bits per heavy atom. The standard InChI is InChI=1S/C16H18ClF3N4O/c1-2-12-13(15(25)23-6-3-4-21-5-7-23)24-9-10(16(18,19)20)8-11(17)14(24)22-12/h8-9,21H,2-7H2,1H3. The Balaban J connectivity index is 2.14. The second kappa shape index (κ2) is 6.84. The molecule has 0 radical (unpaired) electrons. The van der Waals surface area contributed by atoms with Gasteiger partial charge in [0.05, 0.1) is 16.3 Å². The van der Waals surface area contributed by atoms with Crippen LogP contribution in [0.3, 0.4) is 0 Å². The number of rotatable bonds is 2. The van der Waals surface area contributed by atoms with Crippen molar-refractivity contribution in [2.75, 3.05) is 26.2 Å². The summed E-state index contributed by atoms with van der Waals surface area (Å²) in [5, 5.41) is 3.07. The largest absolute Gasteiger partial charge is 0.417 e. The molecule has 136 valence electrons. The monoisotopic (exact) mass is 374 g/mol. The number of fused-ring (bicyclic) bond motifs is 1. The molecule has 2 aromatic rings. The highest BCUT2D eigenvalue weighted by Gasteiger charge is 2.33. The minimum atomic E-state index is -4.55. The summed E-state index contributed by atoms with van der Waals surface area (Å²) in [5.74, 6) is -0.316.